The molecule has 1 aliphatic carbocycles. The average Bonchev–Trinajstić information content (AvgIpc) is 3.30. The summed E-state index contributed by atoms with van der Waals surface area (Å²) in [5.74, 6) is 2.35. The van der Waals surface area contributed by atoms with Crippen molar-refractivity contribution in [1.29, 1.82) is 0 Å². The molecular weight excluding hydrogens is 332 g/mol. The van der Waals surface area contributed by atoms with Crippen molar-refractivity contribution in [3.8, 4) is 11.5 Å². The third-order valence-corrected chi connectivity index (χ3v) is 4.57. The van der Waals surface area contributed by atoms with Crippen molar-refractivity contribution < 1.29 is 14.3 Å². The van der Waals surface area contributed by atoms with E-state index >= 15 is 0 Å². The number of guanidine groups is 1. The zero-order chi connectivity index (χ0) is 18.2. The van der Waals surface area contributed by atoms with Crippen LogP contribution in [0.15, 0.2) is 23.2 Å². The Labute approximate surface area is 154 Å². The Morgan fingerprint density at radius 3 is 2.81 bits per heavy atom. The molecule has 142 valence electrons. The van der Waals surface area contributed by atoms with Crippen molar-refractivity contribution in [2.24, 2.45) is 4.99 Å². The van der Waals surface area contributed by atoms with E-state index < -0.39 is 0 Å². The lowest BCUT2D eigenvalue weighted by Gasteiger charge is -2.14. The molecule has 0 radical (unpaired) electrons. The van der Waals surface area contributed by atoms with Crippen LogP contribution in [0.4, 0.5) is 0 Å². The van der Waals surface area contributed by atoms with E-state index in [-0.39, 0.29) is 12.7 Å². The second kappa shape index (κ2) is 9.31. The van der Waals surface area contributed by atoms with Crippen LogP contribution in [-0.4, -0.2) is 37.8 Å². The highest BCUT2D eigenvalue weighted by molar-refractivity contribution is 5.81. The smallest absolute Gasteiger partial charge is 0.231 e. The van der Waals surface area contributed by atoms with Gasteiger partial charge < -0.3 is 25.4 Å². The first-order chi connectivity index (χ1) is 12.7. The summed E-state index contributed by atoms with van der Waals surface area (Å²) in [6, 6.07) is 6.21. The summed E-state index contributed by atoms with van der Waals surface area (Å²) >= 11 is 0. The number of carbonyl (C=O) groups excluding carboxylic acids is 1. The van der Waals surface area contributed by atoms with Gasteiger partial charge in [0.2, 0.25) is 12.7 Å². The lowest BCUT2D eigenvalue weighted by atomic mass is 10.2. The van der Waals surface area contributed by atoms with E-state index in [0.29, 0.717) is 31.5 Å². The Kier molecular flexibility index (Phi) is 6.57. The number of hydrogen-bond acceptors (Lipinski definition) is 4. The first kappa shape index (κ1) is 18.4. The van der Waals surface area contributed by atoms with Gasteiger partial charge in [0.05, 0.1) is 6.54 Å². The van der Waals surface area contributed by atoms with Crippen LogP contribution >= 0.6 is 0 Å². The number of nitrogens with zero attached hydrogens (tertiary/aromatic N) is 1. The molecule has 1 heterocycles. The normalized spacial score (nSPS) is 16.6. The largest absolute Gasteiger partial charge is 0.454 e. The molecule has 1 saturated carbocycles. The van der Waals surface area contributed by atoms with Gasteiger partial charge in [0.25, 0.3) is 0 Å². The van der Waals surface area contributed by atoms with Crippen molar-refractivity contribution in [2.45, 2.75) is 51.6 Å². The van der Waals surface area contributed by atoms with E-state index in [1.165, 1.54) is 12.8 Å². The van der Waals surface area contributed by atoms with Gasteiger partial charge in [-0.25, -0.2) is 4.99 Å². The van der Waals surface area contributed by atoms with Gasteiger partial charge in [-0.15, -0.1) is 0 Å². The number of carbonyl (C=O) groups is 1. The summed E-state index contributed by atoms with van der Waals surface area (Å²) < 4.78 is 10.7. The van der Waals surface area contributed by atoms with Crippen LogP contribution in [0.25, 0.3) is 0 Å². The van der Waals surface area contributed by atoms with E-state index in [9.17, 15) is 4.79 Å². The van der Waals surface area contributed by atoms with Gasteiger partial charge in [0.1, 0.15) is 0 Å². The molecule has 0 aromatic heterocycles. The average molecular weight is 360 g/mol. The maximum absolute atomic E-state index is 12.0. The quantitative estimate of drug-likeness (QED) is 0.511. The molecule has 1 aromatic carbocycles. The van der Waals surface area contributed by atoms with Gasteiger partial charge in [0, 0.05) is 25.6 Å². The Hall–Kier alpha value is -2.44. The molecule has 0 saturated heterocycles. The predicted molar refractivity (Wildman–Crippen MR) is 100 cm³/mol. The molecular formula is C19H28N4O3. The minimum absolute atomic E-state index is 0.107. The van der Waals surface area contributed by atoms with Crippen molar-refractivity contribution in [3.63, 3.8) is 0 Å². The number of ether oxygens (including phenoxy) is 2. The van der Waals surface area contributed by atoms with E-state index in [2.05, 4.69) is 20.9 Å². The maximum atomic E-state index is 12.0. The molecule has 1 amide bonds. The molecule has 1 fully saturated rings. The molecule has 0 spiro atoms. The summed E-state index contributed by atoms with van der Waals surface area (Å²) in [5, 5.41) is 9.53. The van der Waals surface area contributed by atoms with Crippen LogP contribution in [0.3, 0.4) is 0 Å². The van der Waals surface area contributed by atoms with Gasteiger partial charge in [-0.1, -0.05) is 18.9 Å². The standard InChI is InChI=1S/C19H28N4O3/c1-2-20-19(21-10-9-18(24)23-15-5-3-4-6-15)22-12-14-7-8-16-17(11-14)26-13-25-16/h7-8,11,15H,2-6,9-10,12-13H2,1H3,(H,23,24)(H2,20,21,22). The van der Waals surface area contributed by atoms with Crippen molar-refractivity contribution in [2.75, 3.05) is 19.9 Å². The van der Waals surface area contributed by atoms with Gasteiger partial charge in [0.15, 0.2) is 17.5 Å². The van der Waals surface area contributed by atoms with Crippen molar-refractivity contribution in [1.82, 2.24) is 16.0 Å². The molecule has 0 unspecified atom stereocenters. The monoisotopic (exact) mass is 360 g/mol. The number of fused-ring (bicyclic) bond motifs is 1. The lowest BCUT2D eigenvalue weighted by Crippen LogP contribution is -2.40. The summed E-state index contributed by atoms with van der Waals surface area (Å²) in [6.45, 7) is 4.15. The molecule has 3 rings (SSSR count). The maximum Gasteiger partial charge on any atom is 0.231 e. The molecule has 3 N–H and O–H groups in total. The van der Waals surface area contributed by atoms with Crippen LogP contribution in [0, 0.1) is 0 Å². The first-order valence-electron chi connectivity index (χ1n) is 9.44. The Balaban J connectivity index is 1.45. The highest BCUT2D eigenvalue weighted by atomic mass is 16.7. The number of benzene rings is 1. The fourth-order valence-corrected chi connectivity index (χ4v) is 3.22. The molecule has 0 atom stereocenters. The van der Waals surface area contributed by atoms with E-state index in [0.717, 1.165) is 36.4 Å². The number of amides is 1. The summed E-state index contributed by atoms with van der Waals surface area (Å²) in [4.78, 5) is 16.6. The van der Waals surface area contributed by atoms with Crippen LogP contribution in [0.2, 0.25) is 0 Å². The number of rotatable bonds is 7. The molecule has 1 aliphatic heterocycles. The van der Waals surface area contributed by atoms with Crippen LogP contribution < -0.4 is 25.4 Å². The highest BCUT2D eigenvalue weighted by Gasteiger charge is 2.16. The third-order valence-electron chi connectivity index (χ3n) is 4.57. The van der Waals surface area contributed by atoms with Gasteiger partial charge in [-0.3, -0.25) is 4.79 Å². The second-order valence-corrected chi connectivity index (χ2v) is 6.61. The number of nitrogens with one attached hydrogen (secondary N) is 3. The Morgan fingerprint density at radius 2 is 2.00 bits per heavy atom. The van der Waals surface area contributed by atoms with E-state index in [4.69, 9.17) is 9.47 Å². The molecule has 7 heteroatoms. The SMILES string of the molecule is CCNC(=NCc1ccc2c(c1)OCO2)NCCC(=O)NC1CCCC1. The van der Waals surface area contributed by atoms with Crippen molar-refractivity contribution >= 4 is 11.9 Å². The summed E-state index contributed by atoms with van der Waals surface area (Å²) in [6.07, 6.45) is 5.11. The van der Waals surface area contributed by atoms with Crippen LogP contribution in [0.1, 0.15) is 44.6 Å². The summed E-state index contributed by atoms with van der Waals surface area (Å²) in [5.41, 5.74) is 1.05. The van der Waals surface area contributed by atoms with E-state index in [1.54, 1.807) is 0 Å². The molecule has 1 aromatic rings. The van der Waals surface area contributed by atoms with Gasteiger partial charge in [-0.05, 0) is 37.5 Å². The molecule has 2 aliphatic rings. The third kappa shape index (κ3) is 5.28. The van der Waals surface area contributed by atoms with Crippen LogP contribution in [-0.2, 0) is 11.3 Å². The molecule has 7 nitrogen and oxygen atoms in total. The van der Waals surface area contributed by atoms with Gasteiger partial charge >= 0.3 is 0 Å². The Morgan fingerprint density at radius 1 is 1.19 bits per heavy atom. The molecule has 0 bridgehead atoms. The number of aliphatic imine (C=N–C) groups is 1. The summed E-state index contributed by atoms with van der Waals surface area (Å²) in [7, 11) is 0. The minimum atomic E-state index is 0.107. The topological polar surface area (TPSA) is 84.0 Å². The fraction of sp³-hybridized carbons (Fsp3) is 0.579. The minimum Gasteiger partial charge on any atom is -0.454 e. The van der Waals surface area contributed by atoms with Crippen molar-refractivity contribution in [3.05, 3.63) is 23.8 Å². The van der Waals surface area contributed by atoms with Gasteiger partial charge in [-0.2, -0.15) is 0 Å². The number of hydrogen-bond donors (Lipinski definition) is 3. The lowest BCUT2D eigenvalue weighted by molar-refractivity contribution is -0.121. The predicted octanol–water partition coefficient (Wildman–Crippen LogP) is 1.92. The zero-order valence-corrected chi connectivity index (χ0v) is 15.3. The second-order valence-electron chi connectivity index (χ2n) is 6.61. The highest BCUT2D eigenvalue weighted by Crippen LogP contribution is 2.32. The van der Waals surface area contributed by atoms with E-state index in [1.807, 2.05) is 25.1 Å². The van der Waals surface area contributed by atoms with Crippen LogP contribution in [0.5, 0.6) is 11.5 Å². The molecule has 26 heavy (non-hydrogen) atoms. The zero-order valence-electron chi connectivity index (χ0n) is 15.3. The Bertz CT molecular complexity index is 642. The fourth-order valence-electron chi connectivity index (χ4n) is 3.22. The first-order valence-corrected chi connectivity index (χ1v) is 9.44.